The molecule has 0 aromatic rings. The van der Waals surface area contributed by atoms with Crippen molar-refractivity contribution in [1.29, 1.82) is 0 Å². The summed E-state index contributed by atoms with van der Waals surface area (Å²) in [5.41, 5.74) is 0. The number of rotatable bonds is 2. The Bertz CT molecular complexity index is 251. The Morgan fingerprint density at radius 1 is 1.46 bits per heavy atom. The Balaban J connectivity index is 2.82. The van der Waals surface area contributed by atoms with Crippen molar-refractivity contribution in [1.82, 2.24) is 4.90 Å². The van der Waals surface area contributed by atoms with Crippen LogP contribution in [0.3, 0.4) is 0 Å². The van der Waals surface area contributed by atoms with Gasteiger partial charge in [-0.15, -0.1) is 0 Å². The molecule has 0 spiro atoms. The Labute approximate surface area is 75.3 Å². The van der Waals surface area contributed by atoms with Crippen molar-refractivity contribution in [3.8, 4) is 0 Å². The maximum absolute atomic E-state index is 11.1. The Hall–Kier alpha value is -1.36. The number of carboxylic acid groups (broad SMARTS) is 1. The lowest BCUT2D eigenvalue weighted by atomic mass is 10.2. The van der Waals surface area contributed by atoms with Gasteiger partial charge in [-0.1, -0.05) is 6.58 Å². The van der Waals surface area contributed by atoms with Crippen molar-refractivity contribution in [2.24, 2.45) is 0 Å². The van der Waals surface area contributed by atoms with E-state index in [1.54, 1.807) is 0 Å². The van der Waals surface area contributed by atoms with E-state index in [1.165, 1.54) is 0 Å². The largest absolute Gasteiger partial charge is 0.480 e. The summed E-state index contributed by atoms with van der Waals surface area (Å²) in [4.78, 5) is 22.7. The number of carboxylic acids is 1. The molecule has 2 atom stereocenters. The molecule has 0 bridgehead atoms. The van der Waals surface area contributed by atoms with E-state index in [-0.39, 0.29) is 6.42 Å². The first-order valence-corrected chi connectivity index (χ1v) is 3.93. The highest BCUT2D eigenvalue weighted by molar-refractivity contribution is 5.91. The molecule has 1 saturated heterocycles. The van der Waals surface area contributed by atoms with Crippen molar-refractivity contribution >= 4 is 11.9 Å². The normalized spacial score (nSPS) is 27.3. The molecule has 1 rings (SSSR count). The van der Waals surface area contributed by atoms with Crippen LogP contribution >= 0.6 is 0 Å². The first-order chi connectivity index (χ1) is 6.07. The van der Waals surface area contributed by atoms with Gasteiger partial charge in [0, 0.05) is 0 Å². The summed E-state index contributed by atoms with van der Waals surface area (Å²) in [7, 11) is 0. The standard InChI is InChI=1S/C8H11NO4/c1-2-6(10)9-5(8(12)13)3-4-7(9)11/h2,5,7,11H,1,3-4H2,(H,12,13)/t5-,7?/m0/s1. The van der Waals surface area contributed by atoms with E-state index in [2.05, 4.69) is 6.58 Å². The molecule has 0 radical (unpaired) electrons. The minimum absolute atomic E-state index is 0.288. The predicted molar refractivity (Wildman–Crippen MR) is 43.7 cm³/mol. The number of aliphatic carboxylic acids is 1. The lowest BCUT2D eigenvalue weighted by Crippen LogP contribution is -2.44. The molecule has 1 unspecified atom stereocenters. The van der Waals surface area contributed by atoms with Gasteiger partial charge in [-0.3, -0.25) is 9.69 Å². The fraction of sp³-hybridized carbons (Fsp3) is 0.500. The van der Waals surface area contributed by atoms with Gasteiger partial charge < -0.3 is 10.2 Å². The van der Waals surface area contributed by atoms with E-state index in [9.17, 15) is 14.7 Å². The Morgan fingerprint density at radius 2 is 2.08 bits per heavy atom. The highest BCUT2D eigenvalue weighted by Crippen LogP contribution is 2.22. The van der Waals surface area contributed by atoms with Crippen LogP contribution in [0.1, 0.15) is 12.8 Å². The second-order valence-corrected chi connectivity index (χ2v) is 2.86. The molecule has 0 aromatic carbocycles. The second-order valence-electron chi connectivity index (χ2n) is 2.86. The molecule has 5 nitrogen and oxygen atoms in total. The topological polar surface area (TPSA) is 77.8 Å². The lowest BCUT2D eigenvalue weighted by Gasteiger charge is -2.23. The number of amides is 1. The fourth-order valence-corrected chi connectivity index (χ4v) is 1.44. The predicted octanol–water partition coefficient (Wildman–Crippen LogP) is -0.434. The number of carbonyl (C=O) groups is 2. The SMILES string of the molecule is C=CC(=O)N1C(O)CC[C@H]1C(=O)O. The van der Waals surface area contributed by atoms with Crippen LogP contribution in [-0.2, 0) is 9.59 Å². The van der Waals surface area contributed by atoms with Gasteiger partial charge >= 0.3 is 5.97 Å². The van der Waals surface area contributed by atoms with Crippen LogP contribution in [0.5, 0.6) is 0 Å². The zero-order valence-corrected chi connectivity index (χ0v) is 7.01. The lowest BCUT2D eigenvalue weighted by molar-refractivity contribution is -0.151. The van der Waals surface area contributed by atoms with Crippen LogP contribution in [0.25, 0.3) is 0 Å². The van der Waals surface area contributed by atoms with E-state index >= 15 is 0 Å². The smallest absolute Gasteiger partial charge is 0.326 e. The maximum atomic E-state index is 11.1. The summed E-state index contributed by atoms with van der Waals surface area (Å²) in [6, 6.07) is -0.916. The first-order valence-electron chi connectivity index (χ1n) is 3.93. The number of hydrogen-bond acceptors (Lipinski definition) is 3. The number of aliphatic hydroxyl groups is 1. The first kappa shape index (κ1) is 9.73. The van der Waals surface area contributed by atoms with Gasteiger partial charge in [-0.25, -0.2) is 4.79 Å². The average molecular weight is 185 g/mol. The number of hydrogen-bond donors (Lipinski definition) is 2. The van der Waals surface area contributed by atoms with Crippen LogP contribution in [-0.4, -0.2) is 39.3 Å². The summed E-state index contributed by atoms with van der Waals surface area (Å²) in [6.07, 6.45) is 0.600. The Morgan fingerprint density at radius 3 is 2.54 bits per heavy atom. The molecule has 1 heterocycles. The van der Waals surface area contributed by atoms with Gasteiger partial charge in [0.2, 0.25) is 5.91 Å². The number of nitrogens with zero attached hydrogens (tertiary/aromatic N) is 1. The van der Waals surface area contributed by atoms with Gasteiger partial charge in [0.1, 0.15) is 12.3 Å². The molecule has 1 aliphatic heterocycles. The van der Waals surface area contributed by atoms with Gasteiger partial charge in [-0.05, 0) is 18.9 Å². The van der Waals surface area contributed by atoms with E-state index in [0.717, 1.165) is 11.0 Å². The van der Waals surface area contributed by atoms with Crippen molar-refractivity contribution in [3.63, 3.8) is 0 Å². The van der Waals surface area contributed by atoms with Crippen LogP contribution in [0, 0.1) is 0 Å². The highest BCUT2D eigenvalue weighted by Gasteiger charge is 2.38. The summed E-state index contributed by atoms with van der Waals surface area (Å²) in [5, 5.41) is 18.0. The van der Waals surface area contributed by atoms with Crippen molar-refractivity contribution in [2.45, 2.75) is 25.1 Å². The molecular formula is C8H11NO4. The summed E-state index contributed by atoms with van der Waals surface area (Å²) < 4.78 is 0. The van der Waals surface area contributed by atoms with Crippen molar-refractivity contribution in [2.75, 3.05) is 0 Å². The zero-order valence-electron chi connectivity index (χ0n) is 7.01. The van der Waals surface area contributed by atoms with E-state index in [4.69, 9.17) is 5.11 Å². The van der Waals surface area contributed by atoms with Crippen LogP contribution < -0.4 is 0 Å². The molecule has 0 aromatic heterocycles. The van der Waals surface area contributed by atoms with Gasteiger partial charge in [-0.2, -0.15) is 0 Å². The molecule has 0 aliphatic carbocycles. The minimum Gasteiger partial charge on any atom is -0.480 e. The van der Waals surface area contributed by atoms with Crippen molar-refractivity contribution in [3.05, 3.63) is 12.7 Å². The quantitative estimate of drug-likeness (QED) is 0.572. The third-order valence-electron chi connectivity index (χ3n) is 2.07. The van der Waals surface area contributed by atoms with E-state index in [1.807, 2.05) is 0 Å². The van der Waals surface area contributed by atoms with Crippen LogP contribution in [0.4, 0.5) is 0 Å². The molecule has 2 N–H and O–H groups in total. The molecule has 1 fully saturated rings. The monoisotopic (exact) mass is 185 g/mol. The van der Waals surface area contributed by atoms with Gasteiger partial charge in [0.15, 0.2) is 0 Å². The average Bonchev–Trinajstić information content (AvgIpc) is 2.46. The number of likely N-dealkylation sites (tertiary alicyclic amines) is 1. The number of aliphatic hydroxyl groups excluding tert-OH is 1. The fourth-order valence-electron chi connectivity index (χ4n) is 1.44. The molecule has 72 valence electrons. The summed E-state index contributed by atoms with van der Waals surface area (Å²) in [6.45, 7) is 3.24. The molecule has 0 saturated carbocycles. The van der Waals surface area contributed by atoms with E-state index < -0.39 is 24.1 Å². The highest BCUT2D eigenvalue weighted by atomic mass is 16.4. The third-order valence-corrected chi connectivity index (χ3v) is 2.07. The third kappa shape index (κ3) is 1.70. The van der Waals surface area contributed by atoms with E-state index in [0.29, 0.717) is 6.42 Å². The van der Waals surface area contributed by atoms with Crippen LogP contribution in [0.2, 0.25) is 0 Å². The molecular weight excluding hydrogens is 174 g/mol. The minimum atomic E-state index is -1.09. The number of carbonyl (C=O) groups excluding carboxylic acids is 1. The summed E-state index contributed by atoms with van der Waals surface area (Å²) in [5.74, 6) is -1.64. The molecule has 1 aliphatic rings. The Kier molecular flexibility index (Phi) is 2.67. The van der Waals surface area contributed by atoms with Gasteiger partial charge in [0.25, 0.3) is 0 Å². The van der Waals surface area contributed by atoms with Gasteiger partial charge in [0.05, 0.1) is 0 Å². The molecule has 13 heavy (non-hydrogen) atoms. The second kappa shape index (κ2) is 3.57. The molecule has 5 heteroatoms. The molecule has 1 amide bonds. The zero-order chi connectivity index (χ0) is 10.0. The maximum Gasteiger partial charge on any atom is 0.326 e. The van der Waals surface area contributed by atoms with Crippen molar-refractivity contribution < 1.29 is 19.8 Å². The van der Waals surface area contributed by atoms with Crippen LogP contribution in [0.15, 0.2) is 12.7 Å². The summed E-state index contributed by atoms with van der Waals surface area (Å²) >= 11 is 0.